The van der Waals surface area contributed by atoms with Crippen LogP contribution in [0.3, 0.4) is 0 Å². The van der Waals surface area contributed by atoms with Crippen LogP contribution in [0.4, 0.5) is 0 Å². The minimum absolute atomic E-state index is 0.161. The molecule has 0 saturated carbocycles. The highest BCUT2D eigenvalue weighted by Crippen LogP contribution is 2.29. The number of nitrogens with one attached hydrogen (secondary N) is 1. The van der Waals surface area contributed by atoms with Gasteiger partial charge in [0.25, 0.3) is 0 Å². The highest BCUT2D eigenvalue weighted by atomic mass is 16.5. The number of amides is 1. The number of carbonyl (C=O) groups excluding carboxylic acids is 1. The van der Waals surface area contributed by atoms with Gasteiger partial charge in [-0.2, -0.15) is 0 Å². The molecule has 0 spiro atoms. The average molecular weight is 290 g/mol. The third-order valence-electron chi connectivity index (χ3n) is 4.06. The summed E-state index contributed by atoms with van der Waals surface area (Å²) in [6, 6.07) is 8.66. The smallest absolute Gasteiger partial charge is 0.223 e. The normalized spacial score (nSPS) is 23.7. The second-order valence-electron chi connectivity index (χ2n) is 6.11. The molecule has 0 radical (unpaired) electrons. The predicted molar refractivity (Wildman–Crippen MR) is 84.7 cm³/mol. The Bertz CT molecular complexity index is 479. The van der Waals surface area contributed by atoms with Crippen molar-refractivity contribution >= 4 is 5.91 Å². The lowest BCUT2D eigenvalue weighted by Gasteiger charge is -2.36. The third kappa shape index (κ3) is 3.97. The first-order valence-electron chi connectivity index (χ1n) is 7.68. The van der Waals surface area contributed by atoms with Crippen molar-refractivity contribution in [3.05, 3.63) is 29.8 Å². The van der Waals surface area contributed by atoms with E-state index in [2.05, 4.69) is 26.1 Å². The zero-order valence-corrected chi connectivity index (χ0v) is 13.4. The van der Waals surface area contributed by atoms with Crippen molar-refractivity contribution in [2.24, 2.45) is 0 Å². The van der Waals surface area contributed by atoms with E-state index in [1.165, 1.54) is 0 Å². The van der Waals surface area contributed by atoms with E-state index in [-0.39, 0.29) is 11.8 Å². The Morgan fingerprint density at radius 3 is 2.57 bits per heavy atom. The van der Waals surface area contributed by atoms with Gasteiger partial charge in [0.2, 0.25) is 5.91 Å². The van der Waals surface area contributed by atoms with Crippen LogP contribution in [0, 0.1) is 0 Å². The second-order valence-corrected chi connectivity index (χ2v) is 6.11. The standard InChI is InChI=1S/C17H26N2O2/c1-12(15-7-5-6-8-16(15)21-4)9-17(20)19-10-13(2)18-14(3)11-19/h5-8,12-14,18H,9-11H2,1-4H3/t12-,13-,14-/m1/s1. The van der Waals surface area contributed by atoms with Gasteiger partial charge in [-0.05, 0) is 31.4 Å². The maximum Gasteiger partial charge on any atom is 0.223 e. The average Bonchev–Trinajstić information content (AvgIpc) is 2.46. The molecule has 1 heterocycles. The zero-order chi connectivity index (χ0) is 15.4. The van der Waals surface area contributed by atoms with E-state index in [4.69, 9.17) is 4.74 Å². The molecule has 4 nitrogen and oxygen atoms in total. The summed E-state index contributed by atoms with van der Waals surface area (Å²) in [7, 11) is 1.67. The fourth-order valence-electron chi connectivity index (χ4n) is 3.10. The Hall–Kier alpha value is -1.55. The Morgan fingerprint density at radius 1 is 1.33 bits per heavy atom. The zero-order valence-electron chi connectivity index (χ0n) is 13.4. The molecule has 0 bridgehead atoms. The van der Waals surface area contributed by atoms with Gasteiger partial charge in [-0.3, -0.25) is 4.79 Å². The monoisotopic (exact) mass is 290 g/mol. The molecular formula is C17H26N2O2. The molecule has 116 valence electrons. The van der Waals surface area contributed by atoms with Crippen LogP contribution in [0.15, 0.2) is 24.3 Å². The lowest BCUT2D eigenvalue weighted by molar-refractivity contribution is -0.133. The van der Waals surface area contributed by atoms with Crippen LogP contribution in [0.2, 0.25) is 0 Å². The molecule has 21 heavy (non-hydrogen) atoms. The number of piperazine rings is 1. The van der Waals surface area contributed by atoms with Crippen molar-refractivity contribution in [1.29, 1.82) is 0 Å². The van der Waals surface area contributed by atoms with Crippen LogP contribution in [0.5, 0.6) is 5.75 Å². The summed E-state index contributed by atoms with van der Waals surface area (Å²) in [6.07, 6.45) is 0.528. The minimum Gasteiger partial charge on any atom is -0.496 e. The first-order chi connectivity index (χ1) is 10.0. The molecule has 1 aliphatic heterocycles. The molecule has 1 fully saturated rings. The van der Waals surface area contributed by atoms with E-state index < -0.39 is 0 Å². The van der Waals surface area contributed by atoms with Gasteiger partial charge in [-0.15, -0.1) is 0 Å². The molecule has 3 atom stereocenters. The minimum atomic E-state index is 0.161. The van der Waals surface area contributed by atoms with Gasteiger partial charge in [0.05, 0.1) is 7.11 Å². The van der Waals surface area contributed by atoms with E-state index in [1.807, 2.05) is 29.2 Å². The Morgan fingerprint density at radius 2 is 1.95 bits per heavy atom. The number of methoxy groups -OCH3 is 1. The molecule has 0 unspecified atom stereocenters. The first-order valence-corrected chi connectivity index (χ1v) is 7.68. The number of nitrogens with zero attached hydrogens (tertiary/aromatic N) is 1. The number of carbonyl (C=O) groups is 1. The van der Waals surface area contributed by atoms with Gasteiger partial charge in [-0.1, -0.05) is 25.1 Å². The van der Waals surface area contributed by atoms with E-state index >= 15 is 0 Å². The summed E-state index contributed by atoms with van der Waals surface area (Å²) in [5.41, 5.74) is 1.10. The summed E-state index contributed by atoms with van der Waals surface area (Å²) in [4.78, 5) is 14.5. The van der Waals surface area contributed by atoms with Crippen LogP contribution >= 0.6 is 0 Å². The molecule has 2 rings (SSSR count). The Kier molecular flexibility index (Phi) is 5.23. The highest BCUT2D eigenvalue weighted by Gasteiger charge is 2.26. The lowest BCUT2D eigenvalue weighted by Crippen LogP contribution is -2.55. The van der Waals surface area contributed by atoms with Crippen molar-refractivity contribution < 1.29 is 9.53 Å². The summed E-state index contributed by atoms with van der Waals surface area (Å²) < 4.78 is 5.39. The fraction of sp³-hybridized carbons (Fsp3) is 0.588. The molecule has 4 heteroatoms. The van der Waals surface area contributed by atoms with E-state index in [0.717, 1.165) is 24.4 Å². The maximum atomic E-state index is 12.5. The number of para-hydroxylation sites is 1. The van der Waals surface area contributed by atoms with Gasteiger partial charge >= 0.3 is 0 Å². The van der Waals surface area contributed by atoms with Crippen LogP contribution < -0.4 is 10.1 Å². The van der Waals surface area contributed by atoms with Gasteiger partial charge in [-0.25, -0.2) is 0 Å². The number of rotatable bonds is 4. The summed E-state index contributed by atoms with van der Waals surface area (Å²) in [5.74, 6) is 1.25. The summed E-state index contributed by atoms with van der Waals surface area (Å²) in [6.45, 7) is 7.92. The van der Waals surface area contributed by atoms with Crippen molar-refractivity contribution in [3.63, 3.8) is 0 Å². The van der Waals surface area contributed by atoms with Crippen LogP contribution in [-0.2, 0) is 4.79 Å². The van der Waals surface area contributed by atoms with Crippen molar-refractivity contribution in [2.45, 2.75) is 45.2 Å². The number of benzene rings is 1. The number of ether oxygens (including phenoxy) is 1. The van der Waals surface area contributed by atoms with Crippen molar-refractivity contribution in [2.75, 3.05) is 20.2 Å². The molecule has 0 aromatic heterocycles. The van der Waals surface area contributed by atoms with E-state index in [9.17, 15) is 4.79 Å². The summed E-state index contributed by atoms with van der Waals surface area (Å²) >= 11 is 0. The van der Waals surface area contributed by atoms with E-state index in [0.29, 0.717) is 18.5 Å². The SMILES string of the molecule is COc1ccccc1[C@H](C)CC(=O)N1C[C@@H](C)N[C@H](C)C1. The molecule has 1 N–H and O–H groups in total. The first kappa shape index (κ1) is 15.8. The van der Waals surface area contributed by atoms with Crippen molar-refractivity contribution in [1.82, 2.24) is 10.2 Å². The molecule has 0 aliphatic carbocycles. The van der Waals surface area contributed by atoms with E-state index in [1.54, 1.807) is 7.11 Å². The fourth-order valence-corrected chi connectivity index (χ4v) is 3.10. The second kappa shape index (κ2) is 6.94. The highest BCUT2D eigenvalue weighted by molar-refractivity contribution is 5.77. The summed E-state index contributed by atoms with van der Waals surface area (Å²) in [5, 5.41) is 3.45. The predicted octanol–water partition coefficient (Wildman–Crippen LogP) is 2.40. The largest absolute Gasteiger partial charge is 0.496 e. The van der Waals surface area contributed by atoms with Gasteiger partial charge < -0.3 is 15.0 Å². The number of hydrogen-bond acceptors (Lipinski definition) is 3. The Balaban J connectivity index is 2.01. The topological polar surface area (TPSA) is 41.6 Å². The lowest BCUT2D eigenvalue weighted by atomic mass is 9.95. The van der Waals surface area contributed by atoms with Gasteiger partial charge in [0, 0.05) is 31.6 Å². The molecular weight excluding hydrogens is 264 g/mol. The van der Waals surface area contributed by atoms with Crippen LogP contribution in [-0.4, -0.2) is 43.1 Å². The molecule has 1 saturated heterocycles. The van der Waals surface area contributed by atoms with Gasteiger partial charge in [0.1, 0.15) is 5.75 Å². The maximum absolute atomic E-state index is 12.5. The third-order valence-corrected chi connectivity index (χ3v) is 4.06. The quantitative estimate of drug-likeness (QED) is 0.926. The van der Waals surface area contributed by atoms with Gasteiger partial charge in [0.15, 0.2) is 0 Å². The van der Waals surface area contributed by atoms with Crippen LogP contribution in [0.25, 0.3) is 0 Å². The molecule has 1 amide bonds. The molecule has 1 aliphatic rings. The molecule has 1 aromatic carbocycles. The van der Waals surface area contributed by atoms with Crippen molar-refractivity contribution in [3.8, 4) is 5.75 Å². The Labute approximate surface area is 127 Å². The van der Waals surface area contributed by atoms with Crippen LogP contribution in [0.1, 0.15) is 38.7 Å². The number of hydrogen-bond donors (Lipinski definition) is 1. The molecule has 1 aromatic rings.